The van der Waals surface area contributed by atoms with Crippen LogP contribution in [0.1, 0.15) is 6.92 Å². The Kier molecular flexibility index (Phi) is 4.03. The third-order valence-corrected chi connectivity index (χ3v) is 3.04. The minimum atomic E-state index is -1.00. The number of rotatable bonds is 5. The molecule has 1 amide bonds. The topological polar surface area (TPSA) is 104 Å². The zero-order chi connectivity index (χ0) is 13.8. The lowest BCUT2D eigenvalue weighted by Gasteiger charge is -2.09. The molecule has 3 N–H and O–H groups in total. The molecule has 2 rings (SSSR count). The largest absolute Gasteiger partial charge is 0.480 e. The zero-order valence-corrected chi connectivity index (χ0v) is 10.9. The van der Waals surface area contributed by atoms with E-state index in [1.165, 1.54) is 6.92 Å². The van der Waals surface area contributed by atoms with Crippen molar-refractivity contribution in [3.8, 4) is 0 Å². The van der Waals surface area contributed by atoms with Crippen molar-refractivity contribution in [1.82, 2.24) is 14.1 Å². The van der Waals surface area contributed by atoms with Crippen LogP contribution in [0.3, 0.4) is 0 Å². The van der Waals surface area contributed by atoms with Gasteiger partial charge >= 0.3 is 5.97 Å². The van der Waals surface area contributed by atoms with Gasteiger partial charge in [0.1, 0.15) is 17.1 Å². The number of nitrogens with zero attached hydrogens (tertiary/aromatic N) is 2. The number of carboxylic acids is 1. The van der Waals surface area contributed by atoms with Crippen LogP contribution in [0.5, 0.6) is 0 Å². The molecule has 19 heavy (non-hydrogen) atoms. The molecule has 100 valence electrons. The van der Waals surface area contributed by atoms with E-state index in [4.69, 9.17) is 5.11 Å². The fourth-order valence-electron chi connectivity index (χ4n) is 1.43. The third-order valence-electron chi connectivity index (χ3n) is 2.50. The summed E-state index contributed by atoms with van der Waals surface area (Å²) in [5.41, 5.74) is 1.92. The molecular formula is C11H12N4O3S. The van der Waals surface area contributed by atoms with Gasteiger partial charge in [-0.15, -0.1) is 0 Å². The molecular weight excluding hydrogens is 268 g/mol. The van der Waals surface area contributed by atoms with E-state index in [-0.39, 0.29) is 12.5 Å². The number of nitrogens with one attached hydrogen (secondary N) is 2. The quantitative estimate of drug-likeness (QED) is 0.744. The number of hydrogen-bond donors (Lipinski definition) is 3. The van der Waals surface area contributed by atoms with Gasteiger partial charge in [-0.3, -0.25) is 14.9 Å². The van der Waals surface area contributed by atoms with Gasteiger partial charge in [-0.1, -0.05) is 6.07 Å². The van der Waals surface area contributed by atoms with Gasteiger partial charge < -0.3 is 10.4 Å². The summed E-state index contributed by atoms with van der Waals surface area (Å²) in [5.74, 6) is -1.33. The van der Waals surface area contributed by atoms with Crippen LogP contribution in [-0.2, 0) is 9.59 Å². The van der Waals surface area contributed by atoms with Gasteiger partial charge in [0.2, 0.25) is 5.91 Å². The number of fused-ring (bicyclic) bond motifs is 1. The standard InChI is InChI=1S/C11H12N4O3S/c1-6(11(17)18)12-5-9(16)13-7-3-2-4-8-10(7)15-19-14-8/h2-4,6,12H,5H2,1H3,(H,13,16)(H,17,18)/t6-/m0/s1. The van der Waals surface area contributed by atoms with E-state index in [0.29, 0.717) is 11.2 Å². The molecule has 2 aromatic rings. The Bertz CT molecular complexity index is 613. The number of carboxylic acid groups (broad SMARTS) is 1. The molecule has 0 aliphatic carbocycles. The van der Waals surface area contributed by atoms with Gasteiger partial charge in [0, 0.05) is 0 Å². The Hall–Kier alpha value is -2.06. The lowest BCUT2D eigenvalue weighted by molar-refractivity contribution is -0.139. The normalized spacial score (nSPS) is 12.3. The highest BCUT2D eigenvalue weighted by atomic mass is 32.1. The molecule has 1 heterocycles. The Labute approximate surface area is 113 Å². The first kappa shape index (κ1) is 13.4. The highest BCUT2D eigenvalue weighted by Crippen LogP contribution is 2.20. The molecule has 0 aliphatic rings. The number of amides is 1. The summed E-state index contributed by atoms with van der Waals surface area (Å²) in [6.45, 7) is 1.39. The Morgan fingerprint density at radius 2 is 2.21 bits per heavy atom. The van der Waals surface area contributed by atoms with Crippen LogP contribution in [0.4, 0.5) is 5.69 Å². The Morgan fingerprint density at radius 3 is 2.95 bits per heavy atom. The minimum absolute atomic E-state index is 0.0819. The maximum Gasteiger partial charge on any atom is 0.320 e. The summed E-state index contributed by atoms with van der Waals surface area (Å²) in [6.07, 6.45) is 0. The molecule has 7 nitrogen and oxygen atoms in total. The van der Waals surface area contributed by atoms with E-state index in [1.807, 2.05) is 0 Å². The Balaban J connectivity index is 1.99. The second-order valence-electron chi connectivity index (χ2n) is 3.93. The molecule has 0 fully saturated rings. The lowest BCUT2D eigenvalue weighted by Crippen LogP contribution is -2.39. The molecule has 1 aromatic heterocycles. The fourth-order valence-corrected chi connectivity index (χ4v) is 1.98. The first-order valence-corrected chi connectivity index (χ1v) is 6.28. The third kappa shape index (κ3) is 3.24. The smallest absolute Gasteiger partial charge is 0.320 e. The van der Waals surface area contributed by atoms with Crippen LogP contribution >= 0.6 is 11.7 Å². The molecule has 0 saturated carbocycles. The van der Waals surface area contributed by atoms with Crippen molar-refractivity contribution in [3.05, 3.63) is 18.2 Å². The second kappa shape index (κ2) is 5.72. The summed E-state index contributed by atoms with van der Waals surface area (Å²) in [7, 11) is 0. The number of anilines is 1. The van der Waals surface area contributed by atoms with Gasteiger partial charge in [0.25, 0.3) is 0 Å². The first-order chi connectivity index (χ1) is 9.08. The first-order valence-electron chi connectivity index (χ1n) is 5.55. The monoisotopic (exact) mass is 280 g/mol. The number of carbonyl (C=O) groups excluding carboxylic acids is 1. The highest BCUT2D eigenvalue weighted by Gasteiger charge is 2.13. The minimum Gasteiger partial charge on any atom is -0.480 e. The van der Waals surface area contributed by atoms with Crippen LogP contribution in [0.2, 0.25) is 0 Å². The van der Waals surface area contributed by atoms with Gasteiger partial charge in [0.15, 0.2) is 0 Å². The van der Waals surface area contributed by atoms with Crippen molar-refractivity contribution in [2.75, 3.05) is 11.9 Å². The molecule has 8 heteroatoms. The number of benzene rings is 1. The maximum absolute atomic E-state index is 11.7. The number of hydrogen-bond acceptors (Lipinski definition) is 6. The molecule has 1 atom stereocenters. The van der Waals surface area contributed by atoms with Crippen molar-refractivity contribution in [1.29, 1.82) is 0 Å². The van der Waals surface area contributed by atoms with Crippen LogP contribution < -0.4 is 10.6 Å². The van der Waals surface area contributed by atoms with Crippen molar-refractivity contribution < 1.29 is 14.7 Å². The predicted molar refractivity (Wildman–Crippen MR) is 71.1 cm³/mol. The van der Waals surface area contributed by atoms with Gasteiger partial charge in [-0.05, 0) is 19.1 Å². The molecule has 0 saturated heterocycles. The maximum atomic E-state index is 11.7. The summed E-state index contributed by atoms with van der Waals surface area (Å²) in [6, 6.07) is 4.52. The van der Waals surface area contributed by atoms with Crippen molar-refractivity contribution in [3.63, 3.8) is 0 Å². The van der Waals surface area contributed by atoms with E-state index in [1.54, 1.807) is 18.2 Å². The van der Waals surface area contributed by atoms with Gasteiger partial charge in [-0.2, -0.15) is 8.75 Å². The molecule has 0 bridgehead atoms. The van der Waals surface area contributed by atoms with Gasteiger partial charge in [-0.25, -0.2) is 0 Å². The van der Waals surface area contributed by atoms with Crippen LogP contribution in [0, 0.1) is 0 Å². The van der Waals surface area contributed by atoms with Crippen molar-refractivity contribution in [2.45, 2.75) is 13.0 Å². The number of aliphatic carboxylic acids is 1. The molecule has 1 aromatic carbocycles. The van der Waals surface area contributed by atoms with E-state index < -0.39 is 12.0 Å². The molecule has 0 radical (unpaired) electrons. The second-order valence-corrected chi connectivity index (χ2v) is 4.45. The summed E-state index contributed by atoms with van der Waals surface area (Å²) in [4.78, 5) is 22.3. The summed E-state index contributed by atoms with van der Waals surface area (Å²) in [5, 5.41) is 14.0. The SMILES string of the molecule is C[C@H](NCC(=O)Nc1cccc2nsnc12)C(=O)O. The van der Waals surface area contributed by atoms with Gasteiger partial charge in [0.05, 0.1) is 24.0 Å². The zero-order valence-electron chi connectivity index (χ0n) is 10.1. The van der Waals surface area contributed by atoms with E-state index in [2.05, 4.69) is 19.4 Å². The average molecular weight is 280 g/mol. The molecule has 0 unspecified atom stereocenters. The van der Waals surface area contributed by atoms with E-state index >= 15 is 0 Å². The van der Waals surface area contributed by atoms with Crippen molar-refractivity contribution >= 4 is 40.3 Å². The van der Waals surface area contributed by atoms with Crippen LogP contribution in [-0.4, -0.2) is 38.3 Å². The van der Waals surface area contributed by atoms with Crippen molar-refractivity contribution in [2.24, 2.45) is 0 Å². The summed E-state index contributed by atoms with van der Waals surface area (Å²) >= 11 is 1.07. The summed E-state index contributed by atoms with van der Waals surface area (Å²) < 4.78 is 8.17. The molecule has 0 spiro atoms. The highest BCUT2D eigenvalue weighted by molar-refractivity contribution is 7.00. The Morgan fingerprint density at radius 1 is 1.42 bits per heavy atom. The fraction of sp³-hybridized carbons (Fsp3) is 0.273. The average Bonchev–Trinajstić information content (AvgIpc) is 2.85. The molecule has 0 aliphatic heterocycles. The van der Waals surface area contributed by atoms with Crippen LogP contribution in [0.25, 0.3) is 11.0 Å². The van der Waals surface area contributed by atoms with Crippen LogP contribution in [0.15, 0.2) is 18.2 Å². The lowest BCUT2D eigenvalue weighted by atomic mass is 10.2. The van der Waals surface area contributed by atoms with E-state index in [0.717, 1.165) is 17.2 Å². The number of aromatic nitrogens is 2. The predicted octanol–water partition coefficient (Wildman–Crippen LogP) is 0.692. The number of carbonyl (C=O) groups is 2. The van der Waals surface area contributed by atoms with E-state index in [9.17, 15) is 9.59 Å².